The third-order valence-corrected chi connectivity index (χ3v) is 5.76. The van der Waals surface area contributed by atoms with Gasteiger partial charge in [0.1, 0.15) is 16.5 Å². The van der Waals surface area contributed by atoms with Gasteiger partial charge in [0.2, 0.25) is 0 Å². The molecule has 1 aliphatic rings. The Morgan fingerprint density at radius 2 is 2.10 bits per heavy atom. The molecule has 2 rings (SSSR count). The van der Waals surface area contributed by atoms with Crippen LogP contribution in [0.1, 0.15) is 68.0 Å². The number of fused-ring (bicyclic) bond motifs is 1. The largest absolute Gasteiger partial charge is 0.465 e. The molecular weight excluding hydrogens is 286 g/mol. The molecule has 21 heavy (non-hydrogen) atoms. The summed E-state index contributed by atoms with van der Waals surface area (Å²) in [4.78, 5) is 18.2. The van der Waals surface area contributed by atoms with Gasteiger partial charge in [0.05, 0.1) is 12.3 Å². The van der Waals surface area contributed by atoms with Gasteiger partial charge < -0.3 is 9.47 Å². The van der Waals surface area contributed by atoms with Gasteiger partial charge in [0.15, 0.2) is 0 Å². The summed E-state index contributed by atoms with van der Waals surface area (Å²) in [6.07, 6.45) is 4.65. The summed E-state index contributed by atoms with van der Waals surface area (Å²) < 4.78 is 11.0. The van der Waals surface area contributed by atoms with E-state index < -0.39 is 0 Å². The SMILES string of the molecule is CCOC(=O)C1CCCc2sc(C(CC)(CC)OC)nc21. The van der Waals surface area contributed by atoms with Crippen LogP contribution in [-0.4, -0.2) is 24.7 Å². The second-order valence-corrected chi connectivity index (χ2v) is 6.51. The van der Waals surface area contributed by atoms with E-state index in [0.29, 0.717) is 6.61 Å². The van der Waals surface area contributed by atoms with Gasteiger partial charge in [-0.15, -0.1) is 11.3 Å². The standard InChI is InChI=1S/C16H25NO3S/c1-5-16(6-2,19-4)15-17-13-11(14(18)20-7-3)9-8-10-12(13)21-15/h11H,5-10H2,1-4H3. The molecule has 1 aromatic rings. The van der Waals surface area contributed by atoms with Crippen LogP contribution in [0.2, 0.25) is 0 Å². The lowest BCUT2D eigenvalue weighted by Gasteiger charge is -2.27. The van der Waals surface area contributed by atoms with E-state index >= 15 is 0 Å². The lowest BCUT2D eigenvalue weighted by molar-refractivity contribution is -0.145. The molecular formula is C16H25NO3S. The monoisotopic (exact) mass is 311 g/mol. The summed E-state index contributed by atoms with van der Waals surface area (Å²) in [6.45, 7) is 6.51. The van der Waals surface area contributed by atoms with Crippen molar-refractivity contribution in [2.45, 2.75) is 64.4 Å². The number of esters is 1. The van der Waals surface area contributed by atoms with Crippen LogP contribution >= 0.6 is 11.3 Å². The minimum absolute atomic E-state index is 0.133. The predicted molar refractivity (Wildman–Crippen MR) is 83.7 cm³/mol. The highest BCUT2D eigenvalue weighted by molar-refractivity contribution is 7.11. The highest BCUT2D eigenvalue weighted by atomic mass is 32.1. The number of hydrogen-bond acceptors (Lipinski definition) is 5. The summed E-state index contributed by atoms with van der Waals surface area (Å²) >= 11 is 1.71. The highest BCUT2D eigenvalue weighted by Gasteiger charge is 2.37. The van der Waals surface area contributed by atoms with Crippen LogP contribution in [0.4, 0.5) is 0 Å². The van der Waals surface area contributed by atoms with Crippen LogP contribution in [-0.2, 0) is 26.3 Å². The molecule has 1 aliphatic carbocycles. The van der Waals surface area contributed by atoms with E-state index in [1.165, 1.54) is 4.88 Å². The second kappa shape index (κ2) is 6.88. The van der Waals surface area contributed by atoms with Gasteiger partial charge in [-0.1, -0.05) is 13.8 Å². The van der Waals surface area contributed by atoms with Crippen molar-refractivity contribution in [3.05, 3.63) is 15.6 Å². The normalized spacial score (nSPS) is 18.4. The smallest absolute Gasteiger partial charge is 0.315 e. The highest BCUT2D eigenvalue weighted by Crippen LogP contribution is 2.41. The van der Waals surface area contributed by atoms with Crippen molar-refractivity contribution in [2.75, 3.05) is 13.7 Å². The maximum atomic E-state index is 12.1. The fourth-order valence-electron chi connectivity index (χ4n) is 3.01. The van der Waals surface area contributed by atoms with E-state index in [0.717, 1.165) is 42.8 Å². The van der Waals surface area contributed by atoms with Gasteiger partial charge in [0, 0.05) is 12.0 Å². The molecule has 0 N–H and O–H groups in total. The zero-order valence-electron chi connectivity index (χ0n) is 13.4. The Bertz CT molecular complexity index is 485. The van der Waals surface area contributed by atoms with E-state index in [9.17, 15) is 4.79 Å². The van der Waals surface area contributed by atoms with Crippen molar-refractivity contribution in [3.63, 3.8) is 0 Å². The van der Waals surface area contributed by atoms with Crippen molar-refractivity contribution >= 4 is 17.3 Å². The Morgan fingerprint density at radius 3 is 2.67 bits per heavy atom. The van der Waals surface area contributed by atoms with Crippen LogP contribution in [0.3, 0.4) is 0 Å². The van der Waals surface area contributed by atoms with Crippen molar-refractivity contribution in [1.82, 2.24) is 4.98 Å². The lowest BCUT2D eigenvalue weighted by atomic mass is 9.91. The Morgan fingerprint density at radius 1 is 1.38 bits per heavy atom. The number of carbonyl (C=O) groups is 1. The van der Waals surface area contributed by atoms with Crippen LogP contribution < -0.4 is 0 Å². The molecule has 0 spiro atoms. The summed E-state index contributed by atoms with van der Waals surface area (Å²) in [5, 5.41) is 1.01. The molecule has 0 saturated carbocycles. The van der Waals surface area contributed by atoms with E-state index in [-0.39, 0.29) is 17.5 Å². The molecule has 1 atom stereocenters. The number of ether oxygens (including phenoxy) is 2. The number of hydrogen-bond donors (Lipinski definition) is 0. The lowest BCUT2D eigenvalue weighted by Crippen LogP contribution is -2.27. The first-order chi connectivity index (χ1) is 10.1. The van der Waals surface area contributed by atoms with Gasteiger partial charge in [0.25, 0.3) is 0 Å². The van der Waals surface area contributed by atoms with Gasteiger partial charge in [-0.3, -0.25) is 4.79 Å². The quantitative estimate of drug-likeness (QED) is 0.750. The van der Waals surface area contributed by atoms with Crippen molar-refractivity contribution in [2.24, 2.45) is 0 Å². The van der Waals surface area contributed by atoms with E-state index in [4.69, 9.17) is 14.5 Å². The molecule has 118 valence electrons. The number of nitrogens with zero attached hydrogens (tertiary/aromatic N) is 1. The molecule has 0 aromatic carbocycles. The Hall–Kier alpha value is -0.940. The fourth-order valence-corrected chi connectivity index (χ4v) is 4.49. The number of aryl methyl sites for hydroxylation is 1. The number of carbonyl (C=O) groups excluding carboxylic acids is 1. The molecule has 0 saturated heterocycles. The molecule has 5 heteroatoms. The van der Waals surface area contributed by atoms with Crippen molar-refractivity contribution in [1.29, 1.82) is 0 Å². The molecule has 1 aromatic heterocycles. The third kappa shape index (κ3) is 2.99. The number of aromatic nitrogens is 1. The first kappa shape index (κ1) is 16.4. The molecule has 4 nitrogen and oxygen atoms in total. The van der Waals surface area contributed by atoms with Crippen LogP contribution in [0.25, 0.3) is 0 Å². The van der Waals surface area contributed by atoms with Gasteiger partial charge in [-0.05, 0) is 39.0 Å². The summed E-state index contributed by atoms with van der Waals surface area (Å²) in [5.41, 5.74) is 0.615. The molecule has 0 radical (unpaired) electrons. The summed E-state index contributed by atoms with van der Waals surface area (Å²) in [7, 11) is 1.75. The van der Waals surface area contributed by atoms with E-state index in [2.05, 4.69) is 13.8 Å². The van der Waals surface area contributed by atoms with Crippen LogP contribution in [0.15, 0.2) is 0 Å². The molecule has 0 amide bonds. The number of thiazole rings is 1. The minimum Gasteiger partial charge on any atom is -0.465 e. The third-order valence-electron chi connectivity index (χ3n) is 4.45. The maximum Gasteiger partial charge on any atom is 0.315 e. The van der Waals surface area contributed by atoms with Crippen LogP contribution in [0.5, 0.6) is 0 Å². The summed E-state index contributed by atoms with van der Waals surface area (Å²) in [6, 6.07) is 0. The first-order valence-corrected chi connectivity index (χ1v) is 8.65. The van der Waals surface area contributed by atoms with Gasteiger partial charge >= 0.3 is 5.97 Å². The van der Waals surface area contributed by atoms with Crippen LogP contribution in [0, 0.1) is 0 Å². The molecule has 0 aliphatic heterocycles. The summed E-state index contributed by atoms with van der Waals surface area (Å²) in [5.74, 6) is -0.326. The number of rotatable bonds is 6. The molecule has 0 fully saturated rings. The average Bonchev–Trinajstić information content (AvgIpc) is 2.94. The zero-order chi connectivity index (χ0) is 15.5. The van der Waals surface area contributed by atoms with Crippen molar-refractivity contribution < 1.29 is 14.3 Å². The number of methoxy groups -OCH3 is 1. The zero-order valence-corrected chi connectivity index (χ0v) is 14.2. The molecule has 1 heterocycles. The van der Waals surface area contributed by atoms with Gasteiger partial charge in [-0.25, -0.2) is 4.98 Å². The molecule has 1 unspecified atom stereocenters. The van der Waals surface area contributed by atoms with E-state index in [1.807, 2.05) is 6.92 Å². The second-order valence-electron chi connectivity index (χ2n) is 5.43. The Kier molecular flexibility index (Phi) is 5.38. The fraction of sp³-hybridized carbons (Fsp3) is 0.750. The minimum atomic E-state index is -0.318. The predicted octanol–water partition coefficient (Wildman–Crippen LogP) is 3.79. The average molecular weight is 311 g/mol. The molecule has 0 bridgehead atoms. The maximum absolute atomic E-state index is 12.1. The topological polar surface area (TPSA) is 48.4 Å². The first-order valence-electron chi connectivity index (χ1n) is 7.83. The van der Waals surface area contributed by atoms with Crippen molar-refractivity contribution in [3.8, 4) is 0 Å². The Balaban J connectivity index is 2.37. The van der Waals surface area contributed by atoms with E-state index in [1.54, 1.807) is 18.4 Å². The van der Waals surface area contributed by atoms with Gasteiger partial charge in [-0.2, -0.15) is 0 Å². The Labute approximate surface area is 130 Å².